The lowest BCUT2D eigenvalue weighted by molar-refractivity contribution is -0.138. The zero-order valence-corrected chi connectivity index (χ0v) is 9.23. The van der Waals surface area contributed by atoms with Gasteiger partial charge in [-0.15, -0.1) is 0 Å². The number of ether oxygens (including phenoxy) is 1. The van der Waals surface area contributed by atoms with Crippen molar-refractivity contribution in [2.24, 2.45) is 5.73 Å². The molecule has 92 valence electrons. The molecule has 1 aromatic carbocycles. The Balaban J connectivity index is 2.26. The minimum absolute atomic E-state index is 0.0974. The molecular formula is C12H14FNO3. The van der Waals surface area contributed by atoms with Gasteiger partial charge >= 0.3 is 5.97 Å². The van der Waals surface area contributed by atoms with E-state index in [9.17, 15) is 9.18 Å². The van der Waals surface area contributed by atoms with Crippen molar-refractivity contribution in [2.45, 2.75) is 31.4 Å². The highest BCUT2D eigenvalue weighted by molar-refractivity contribution is 5.76. The van der Waals surface area contributed by atoms with Crippen LogP contribution in [0.5, 0.6) is 5.75 Å². The second-order valence-electron chi connectivity index (χ2n) is 4.17. The molecule has 1 saturated carbocycles. The maximum Gasteiger partial charge on any atom is 0.325 e. The van der Waals surface area contributed by atoms with Crippen LogP contribution in [-0.4, -0.2) is 17.2 Å². The first-order valence-electron chi connectivity index (χ1n) is 5.52. The summed E-state index contributed by atoms with van der Waals surface area (Å²) in [7, 11) is 0. The molecular weight excluding hydrogens is 225 g/mol. The first-order valence-corrected chi connectivity index (χ1v) is 5.52. The lowest BCUT2D eigenvalue weighted by Crippen LogP contribution is -2.27. The maximum atomic E-state index is 13.1. The Bertz CT molecular complexity index is 432. The van der Waals surface area contributed by atoms with Gasteiger partial charge < -0.3 is 15.6 Å². The molecule has 0 aliphatic heterocycles. The average molecular weight is 239 g/mol. The summed E-state index contributed by atoms with van der Waals surface area (Å²) in [5.74, 6) is -1.35. The van der Waals surface area contributed by atoms with Crippen molar-refractivity contribution >= 4 is 5.97 Å². The maximum absolute atomic E-state index is 13.1. The van der Waals surface area contributed by atoms with Gasteiger partial charge in [0.2, 0.25) is 0 Å². The monoisotopic (exact) mass is 239 g/mol. The summed E-state index contributed by atoms with van der Waals surface area (Å²) < 4.78 is 18.7. The van der Waals surface area contributed by atoms with Crippen LogP contribution < -0.4 is 10.5 Å². The number of hydrogen-bond donors (Lipinski definition) is 2. The molecule has 0 radical (unpaired) electrons. The van der Waals surface area contributed by atoms with Gasteiger partial charge in [-0.05, 0) is 37.5 Å². The van der Waals surface area contributed by atoms with E-state index in [1.165, 1.54) is 12.1 Å². The van der Waals surface area contributed by atoms with Crippen LogP contribution in [-0.2, 0) is 4.79 Å². The number of nitrogens with two attached hydrogens (primary N) is 1. The Labute approximate surface area is 98.2 Å². The topological polar surface area (TPSA) is 72.6 Å². The molecule has 1 unspecified atom stereocenters. The first kappa shape index (κ1) is 11.9. The van der Waals surface area contributed by atoms with Gasteiger partial charge in [0.05, 0.1) is 6.10 Å². The van der Waals surface area contributed by atoms with Crippen LogP contribution in [0.25, 0.3) is 0 Å². The molecule has 2 rings (SSSR count). The third-order valence-corrected chi connectivity index (χ3v) is 2.92. The third-order valence-electron chi connectivity index (χ3n) is 2.92. The van der Waals surface area contributed by atoms with E-state index in [-0.39, 0.29) is 11.7 Å². The van der Waals surface area contributed by atoms with E-state index < -0.39 is 17.8 Å². The summed E-state index contributed by atoms with van der Waals surface area (Å²) in [4.78, 5) is 10.8. The summed E-state index contributed by atoms with van der Waals surface area (Å²) >= 11 is 0. The number of rotatable bonds is 4. The van der Waals surface area contributed by atoms with Gasteiger partial charge in [0.15, 0.2) is 0 Å². The number of benzene rings is 1. The Morgan fingerprint density at radius 1 is 1.53 bits per heavy atom. The van der Waals surface area contributed by atoms with Crippen molar-refractivity contribution in [1.82, 2.24) is 0 Å². The fourth-order valence-electron chi connectivity index (χ4n) is 1.67. The SMILES string of the molecule is NC(C(=O)O)c1cc(F)ccc1OC1CCC1. The van der Waals surface area contributed by atoms with E-state index in [2.05, 4.69) is 0 Å². The summed E-state index contributed by atoms with van der Waals surface area (Å²) in [5, 5.41) is 8.85. The van der Waals surface area contributed by atoms with Crippen LogP contribution in [0.3, 0.4) is 0 Å². The van der Waals surface area contributed by atoms with E-state index in [1.54, 1.807) is 0 Å². The minimum Gasteiger partial charge on any atom is -0.490 e. The van der Waals surface area contributed by atoms with Gasteiger partial charge in [-0.2, -0.15) is 0 Å². The Kier molecular flexibility index (Phi) is 3.28. The quantitative estimate of drug-likeness (QED) is 0.840. The van der Waals surface area contributed by atoms with Crippen molar-refractivity contribution < 1.29 is 19.0 Å². The van der Waals surface area contributed by atoms with Crippen molar-refractivity contribution in [2.75, 3.05) is 0 Å². The van der Waals surface area contributed by atoms with E-state index >= 15 is 0 Å². The number of carboxylic acid groups (broad SMARTS) is 1. The second kappa shape index (κ2) is 4.71. The number of carboxylic acids is 1. The van der Waals surface area contributed by atoms with Gasteiger partial charge in [-0.3, -0.25) is 4.79 Å². The van der Waals surface area contributed by atoms with Crippen molar-refractivity contribution in [3.63, 3.8) is 0 Å². The van der Waals surface area contributed by atoms with Crippen LogP contribution >= 0.6 is 0 Å². The van der Waals surface area contributed by atoms with Crippen molar-refractivity contribution in [3.05, 3.63) is 29.6 Å². The molecule has 17 heavy (non-hydrogen) atoms. The minimum atomic E-state index is -1.26. The van der Waals surface area contributed by atoms with Crippen molar-refractivity contribution in [3.8, 4) is 5.75 Å². The molecule has 0 saturated heterocycles. The van der Waals surface area contributed by atoms with E-state index in [4.69, 9.17) is 15.6 Å². The normalized spacial score (nSPS) is 17.3. The molecule has 4 nitrogen and oxygen atoms in total. The molecule has 3 N–H and O–H groups in total. The van der Waals surface area contributed by atoms with Crippen LogP contribution in [0.1, 0.15) is 30.9 Å². The van der Waals surface area contributed by atoms with Crippen molar-refractivity contribution in [1.29, 1.82) is 0 Å². The van der Waals surface area contributed by atoms with Crippen LogP contribution in [0.4, 0.5) is 4.39 Å². The smallest absolute Gasteiger partial charge is 0.325 e. The Morgan fingerprint density at radius 3 is 2.76 bits per heavy atom. The Hall–Kier alpha value is -1.62. The van der Waals surface area contributed by atoms with E-state index in [0.717, 1.165) is 25.3 Å². The summed E-state index contributed by atoms with van der Waals surface area (Å²) in [5.41, 5.74) is 5.68. The molecule has 1 fully saturated rings. The molecule has 1 aliphatic carbocycles. The molecule has 0 spiro atoms. The van der Waals surface area contributed by atoms with Gasteiger partial charge in [0.25, 0.3) is 0 Å². The molecule has 1 atom stereocenters. The highest BCUT2D eigenvalue weighted by Gasteiger charge is 2.24. The van der Waals surface area contributed by atoms with Gasteiger partial charge in [-0.25, -0.2) is 4.39 Å². The molecule has 0 bridgehead atoms. The summed E-state index contributed by atoms with van der Waals surface area (Å²) in [6.45, 7) is 0. The summed E-state index contributed by atoms with van der Waals surface area (Å²) in [6.07, 6.45) is 3.09. The van der Waals surface area contributed by atoms with Gasteiger partial charge in [0.1, 0.15) is 17.6 Å². The zero-order chi connectivity index (χ0) is 12.4. The molecule has 0 heterocycles. The lowest BCUT2D eigenvalue weighted by atomic mass is 9.96. The van der Waals surface area contributed by atoms with E-state index in [0.29, 0.717) is 5.75 Å². The zero-order valence-electron chi connectivity index (χ0n) is 9.23. The predicted octanol–water partition coefficient (Wildman–Crippen LogP) is 1.84. The number of hydrogen-bond acceptors (Lipinski definition) is 3. The predicted molar refractivity (Wildman–Crippen MR) is 59.2 cm³/mol. The molecule has 1 aliphatic rings. The molecule has 1 aromatic rings. The van der Waals surface area contributed by atoms with Crippen LogP contribution in [0.15, 0.2) is 18.2 Å². The summed E-state index contributed by atoms with van der Waals surface area (Å²) in [6, 6.07) is 2.53. The Morgan fingerprint density at radius 2 is 2.24 bits per heavy atom. The second-order valence-corrected chi connectivity index (χ2v) is 4.17. The number of aliphatic carboxylic acids is 1. The number of carbonyl (C=O) groups is 1. The van der Waals surface area contributed by atoms with Gasteiger partial charge in [0, 0.05) is 5.56 Å². The fraction of sp³-hybridized carbons (Fsp3) is 0.417. The fourth-order valence-corrected chi connectivity index (χ4v) is 1.67. The van der Waals surface area contributed by atoms with Gasteiger partial charge in [-0.1, -0.05) is 0 Å². The standard InChI is InChI=1S/C12H14FNO3/c13-7-4-5-10(17-8-2-1-3-8)9(6-7)11(14)12(15)16/h4-6,8,11H,1-3,14H2,(H,15,16). The molecule has 0 aromatic heterocycles. The van der Waals surface area contributed by atoms with Crippen LogP contribution in [0, 0.1) is 5.82 Å². The molecule has 5 heteroatoms. The van der Waals surface area contributed by atoms with Crippen LogP contribution in [0.2, 0.25) is 0 Å². The van der Waals surface area contributed by atoms with E-state index in [1.807, 2.05) is 0 Å². The number of halogens is 1. The highest BCUT2D eigenvalue weighted by atomic mass is 19.1. The lowest BCUT2D eigenvalue weighted by Gasteiger charge is -2.28. The largest absolute Gasteiger partial charge is 0.490 e. The molecule has 0 amide bonds. The third kappa shape index (κ3) is 2.55. The first-order chi connectivity index (χ1) is 8.08. The average Bonchev–Trinajstić information content (AvgIpc) is 2.23. The highest BCUT2D eigenvalue weighted by Crippen LogP contribution is 2.30.